The van der Waals surface area contributed by atoms with Crippen LogP contribution < -0.4 is 0 Å². The van der Waals surface area contributed by atoms with Crippen molar-refractivity contribution in [3.8, 4) is 0 Å². The third-order valence-corrected chi connectivity index (χ3v) is 4.93. The average Bonchev–Trinajstić information content (AvgIpc) is 2.96. The van der Waals surface area contributed by atoms with E-state index in [0.29, 0.717) is 11.3 Å². The van der Waals surface area contributed by atoms with Gasteiger partial charge in [0.15, 0.2) is 0 Å². The Morgan fingerprint density at radius 1 is 0.774 bits per heavy atom. The monoisotopic (exact) mass is 440 g/mol. The van der Waals surface area contributed by atoms with E-state index in [4.69, 9.17) is 14.2 Å². The zero-order valence-electron chi connectivity index (χ0n) is 20.3. The Balaban J connectivity index is 2.34. The van der Waals surface area contributed by atoms with Gasteiger partial charge in [-0.3, -0.25) is 9.69 Å². The van der Waals surface area contributed by atoms with E-state index in [-0.39, 0.29) is 17.9 Å². The third-order valence-electron chi connectivity index (χ3n) is 4.93. The van der Waals surface area contributed by atoms with Gasteiger partial charge in [-0.2, -0.15) is 0 Å². The van der Waals surface area contributed by atoms with Crippen LogP contribution in [-0.4, -0.2) is 62.9 Å². The summed E-state index contributed by atoms with van der Waals surface area (Å²) in [5.41, 5.74) is -2.62. The normalized spacial score (nSPS) is 25.4. The van der Waals surface area contributed by atoms with Crippen molar-refractivity contribution in [2.75, 3.05) is 0 Å². The summed E-state index contributed by atoms with van der Waals surface area (Å²) < 4.78 is 16.1. The second-order valence-electron chi connectivity index (χ2n) is 11.3. The van der Waals surface area contributed by atoms with Crippen LogP contribution in [0.4, 0.5) is 14.4 Å². The van der Waals surface area contributed by atoms with Crippen molar-refractivity contribution in [1.29, 1.82) is 0 Å². The Kier molecular flexibility index (Phi) is 6.42. The molecule has 1 aliphatic heterocycles. The quantitative estimate of drug-likeness (QED) is 0.559. The average molecular weight is 441 g/mol. The van der Waals surface area contributed by atoms with Gasteiger partial charge in [-0.25, -0.2) is 14.4 Å². The smallest absolute Gasteiger partial charge is 0.426 e. The molecule has 2 fully saturated rings. The van der Waals surface area contributed by atoms with E-state index in [9.17, 15) is 19.2 Å². The first kappa shape index (κ1) is 24.9. The van der Waals surface area contributed by atoms with E-state index in [0.717, 1.165) is 0 Å². The van der Waals surface area contributed by atoms with Crippen LogP contribution in [0, 0.1) is 11.8 Å². The highest BCUT2D eigenvalue weighted by Gasteiger charge is 2.63. The van der Waals surface area contributed by atoms with Crippen LogP contribution in [0.1, 0.15) is 75.7 Å². The molecule has 0 aromatic carbocycles. The highest BCUT2D eigenvalue weighted by Crippen LogP contribution is 2.53. The first-order valence-corrected chi connectivity index (χ1v) is 10.6. The fourth-order valence-electron chi connectivity index (χ4n) is 3.72. The van der Waals surface area contributed by atoms with Crippen LogP contribution in [0.2, 0.25) is 0 Å². The Labute approximate surface area is 184 Å². The van der Waals surface area contributed by atoms with Crippen LogP contribution in [0.3, 0.4) is 0 Å². The van der Waals surface area contributed by atoms with Gasteiger partial charge in [0.2, 0.25) is 0 Å². The number of carbonyl (C=O) groups excluding carboxylic acids is 4. The molecule has 2 aliphatic rings. The number of piperidine rings is 1. The largest absolute Gasteiger partial charge is 0.444 e. The number of ether oxygens (including phenoxy) is 3. The molecule has 9 nitrogen and oxygen atoms in total. The van der Waals surface area contributed by atoms with Crippen LogP contribution in [-0.2, 0) is 19.0 Å². The summed E-state index contributed by atoms with van der Waals surface area (Å²) in [5.74, 6) is -0.526. The summed E-state index contributed by atoms with van der Waals surface area (Å²) in [7, 11) is 0. The van der Waals surface area contributed by atoms with Gasteiger partial charge in [0.25, 0.3) is 5.91 Å². The van der Waals surface area contributed by atoms with E-state index in [1.54, 1.807) is 62.3 Å². The van der Waals surface area contributed by atoms with Gasteiger partial charge in [0.1, 0.15) is 22.8 Å². The lowest BCUT2D eigenvalue weighted by Crippen LogP contribution is -2.55. The molecule has 4 atom stereocenters. The fraction of sp³-hybridized carbons (Fsp3) is 0.818. The summed E-state index contributed by atoms with van der Waals surface area (Å²) in [6.07, 6.45) is -2.57. The first-order valence-electron chi connectivity index (χ1n) is 10.6. The second-order valence-corrected chi connectivity index (χ2v) is 11.3. The molecule has 0 aromatic heterocycles. The molecular weight excluding hydrogens is 404 g/mol. The third kappa shape index (κ3) is 6.11. The maximum absolute atomic E-state index is 13.4. The Bertz CT molecular complexity index is 729. The molecule has 4 amide bonds. The molecule has 1 saturated heterocycles. The van der Waals surface area contributed by atoms with Gasteiger partial charge < -0.3 is 14.2 Å². The lowest BCUT2D eigenvalue weighted by molar-refractivity contribution is -0.134. The van der Waals surface area contributed by atoms with Crippen molar-refractivity contribution in [3.63, 3.8) is 0 Å². The van der Waals surface area contributed by atoms with Crippen LogP contribution in [0.15, 0.2) is 0 Å². The molecule has 176 valence electrons. The fourth-order valence-corrected chi connectivity index (χ4v) is 3.72. The molecule has 1 heterocycles. The summed E-state index contributed by atoms with van der Waals surface area (Å²) >= 11 is 0. The summed E-state index contributed by atoms with van der Waals surface area (Å²) in [6.45, 7) is 17.0. The van der Waals surface area contributed by atoms with E-state index >= 15 is 0 Å². The highest BCUT2D eigenvalue weighted by atomic mass is 16.6. The highest BCUT2D eigenvalue weighted by molar-refractivity contribution is 6.09. The summed E-state index contributed by atoms with van der Waals surface area (Å²) in [4.78, 5) is 53.6. The van der Waals surface area contributed by atoms with Gasteiger partial charge >= 0.3 is 18.3 Å². The number of fused-ring (bicyclic) bond motifs is 1. The van der Waals surface area contributed by atoms with Crippen molar-refractivity contribution in [2.24, 2.45) is 11.8 Å². The van der Waals surface area contributed by atoms with Gasteiger partial charge in [-0.05, 0) is 80.6 Å². The molecule has 31 heavy (non-hydrogen) atoms. The predicted molar refractivity (Wildman–Crippen MR) is 112 cm³/mol. The van der Waals surface area contributed by atoms with Crippen LogP contribution >= 0.6 is 0 Å². The molecule has 0 spiro atoms. The molecule has 1 aliphatic carbocycles. The van der Waals surface area contributed by atoms with E-state index in [2.05, 4.69) is 0 Å². The molecule has 2 rings (SSSR count). The minimum Gasteiger partial charge on any atom is -0.444 e. The zero-order chi connectivity index (χ0) is 24.1. The number of imide groups is 3. The molecule has 0 aromatic rings. The Morgan fingerprint density at radius 3 is 1.58 bits per heavy atom. The first-order chi connectivity index (χ1) is 13.8. The van der Waals surface area contributed by atoms with Crippen molar-refractivity contribution in [1.82, 2.24) is 9.80 Å². The van der Waals surface area contributed by atoms with Gasteiger partial charge in [-0.15, -0.1) is 4.90 Å². The summed E-state index contributed by atoms with van der Waals surface area (Å²) in [5, 5.41) is 0. The molecule has 0 unspecified atom stereocenters. The van der Waals surface area contributed by atoms with E-state index < -0.39 is 47.0 Å². The van der Waals surface area contributed by atoms with Crippen molar-refractivity contribution >= 4 is 24.2 Å². The predicted octanol–water partition coefficient (Wildman–Crippen LogP) is 4.33. The molecule has 0 N–H and O–H groups in total. The van der Waals surface area contributed by atoms with Gasteiger partial charge in [-0.1, -0.05) is 6.92 Å². The van der Waals surface area contributed by atoms with Crippen LogP contribution in [0.5, 0.6) is 0 Å². The maximum Gasteiger partial charge on any atom is 0.426 e. The maximum atomic E-state index is 13.4. The molecule has 9 heteroatoms. The Morgan fingerprint density at radius 2 is 1.19 bits per heavy atom. The topological polar surface area (TPSA) is 102 Å². The lowest BCUT2D eigenvalue weighted by atomic mass is 10.1. The second kappa shape index (κ2) is 7.98. The Hall–Kier alpha value is -2.32. The molecular formula is C22H36N2O7. The SMILES string of the molecule is C[C@H]1[C@H]2C[C@@H](C(=O)N(C(=O)OC(C)(C)C)C(=O)OC(C)(C)C)N(C(=O)OC(C)(C)C)[C@@H]12. The summed E-state index contributed by atoms with van der Waals surface area (Å²) in [6, 6.07) is -1.18. The van der Waals surface area contributed by atoms with Gasteiger partial charge in [0, 0.05) is 6.04 Å². The lowest BCUT2D eigenvalue weighted by Gasteiger charge is -2.33. The zero-order valence-corrected chi connectivity index (χ0v) is 20.3. The number of nitrogens with zero attached hydrogens (tertiary/aromatic N) is 2. The van der Waals surface area contributed by atoms with E-state index in [1.165, 1.54) is 4.90 Å². The minimum atomic E-state index is -1.13. The van der Waals surface area contributed by atoms with E-state index in [1.807, 2.05) is 6.92 Å². The van der Waals surface area contributed by atoms with Crippen molar-refractivity contribution < 1.29 is 33.4 Å². The number of likely N-dealkylation sites (tertiary alicyclic amines) is 1. The molecule has 1 saturated carbocycles. The number of rotatable bonds is 1. The number of hydrogen-bond donors (Lipinski definition) is 0. The molecule has 0 bridgehead atoms. The number of carbonyl (C=O) groups is 4. The number of hydrogen-bond acceptors (Lipinski definition) is 7. The molecule has 0 radical (unpaired) electrons. The number of amides is 4. The minimum absolute atomic E-state index is 0.112. The van der Waals surface area contributed by atoms with Crippen molar-refractivity contribution in [2.45, 2.75) is 105 Å². The van der Waals surface area contributed by atoms with Crippen LogP contribution in [0.25, 0.3) is 0 Å². The van der Waals surface area contributed by atoms with Gasteiger partial charge in [0.05, 0.1) is 0 Å². The van der Waals surface area contributed by atoms with Crippen molar-refractivity contribution in [3.05, 3.63) is 0 Å². The standard InChI is InChI=1S/C22H36N2O7/c1-12-13-11-14(23(15(12)13)17(26)29-20(2,3)4)16(25)24(18(27)30-21(5,6)7)19(28)31-22(8,9)10/h12-15H,11H2,1-10H3/t12-,13+,14-,15-/m0/s1.